The number of rotatable bonds is 3. The molecule has 0 amide bonds. The fraction of sp³-hybridized carbons (Fsp3) is 0.158. The van der Waals surface area contributed by atoms with E-state index in [1.807, 2.05) is 18.2 Å². The van der Waals surface area contributed by atoms with E-state index in [9.17, 15) is 0 Å². The first-order valence-electron chi connectivity index (χ1n) is 7.11. The molecule has 0 spiro atoms. The van der Waals surface area contributed by atoms with Gasteiger partial charge in [-0.3, -0.25) is 0 Å². The minimum absolute atomic E-state index is 0.636. The Balaban J connectivity index is 1.75. The van der Waals surface area contributed by atoms with Crippen LogP contribution in [0.2, 0.25) is 0 Å². The van der Waals surface area contributed by atoms with Crippen LogP contribution in [0.5, 0.6) is 0 Å². The summed E-state index contributed by atoms with van der Waals surface area (Å²) in [5.41, 5.74) is 4.99. The highest BCUT2D eigenvalue weighted by molar-refractivity contribution is 5.71. The average molecular weight is 261 g/mol. The van der Waals surface area contributed by atoms with Crippen molar-refractivity contribution in [2.24, 2.45) is 5.92 Å². The Kier molecular flexibility index (Phi) is 3.69. The Morgan fingerprint density at radius 1 is 0.900 bits per heavy atom. The Morgan fingerprint density at radius 3 is 2.30 bits per heavy atom. The maximum absolute atomic E-state index is 3.41. The first-order chi connectivity index (χ1) is 9.81. The third-order valence-electron chi connectivity index (χ3n) is 3.60. The van der Waals surface area contributed by atoms with E-state index in [4.69, 9.17) is 0 Å². The third kappa shape index (κ3) is 3.00. The maximum Gasteiger partial charge on any atom is 0.0384 e. The van der Waals surface area contributed by atoms with Crippen LogP contribution in [0.4, 0.5) is 11.4 Å². The van der Waals surface area contributed by atoms with Crippen LogP contribution in [0.3, 0.4) is 0 Å². The van der Waals surface area contributed by atoms with E-state index in [-0.39, 0.29) is 0 Å². The summed E-state index contributed by atoms with van der Waals surface area (Å²) in [6, 6.07) is 18.9. The van der Waals surface area contributed by atoms with E-state index in [2.05, 4.69) is 66.9 Å². The standard InChI is InChI=1S/C19H19N/c1-15-6-5-7-17(14-15)16-10-12-19(13-11-16)20-18-8-3-2-4-9-18/h2-13,15,20H,14H2,1H3. The second-order valence-corrected chi connectivity index (χ2v) is 5.33. The maximum atomic E-state index is 3.41. The molecule has 1 nitrogen and oxygen atoms in total. The van der Waals surface area contributed by atoms with Crippen LogP contribution < -0.4 is 5.32 Å². The van der Waals surface area contributed by atoms with E-state index < -0.39 is 0 Å². The van der Waals surface area contributed by atoms with Gasteiger partial charge in [0.25, 0.3) is 0 Å². The lowest BCUT2D eigenvalue weighted by Crippen LogP contribution is -1.97. The van der Waals surface area contributed by atoms with Gasteiger partial charge in [0, 0.05) is 11.4 Å². The van der Waals surface area contributed by atoms with Crippen molar-refractivity contribution in [3.05, 3.63) is 78.4 Å². The number of allylic oxidation sites excluding steroid dienone is 4. The predicted octanol–water partition coefficient (Wildman–Crippen LogP) is 5.41. The number of para-hydroxylation sites is 1. The van der Waals surface area contributed by atoms with E-state index >= 15 is 0 Å². The fourth-order valence-corrected chi connectivity index (χ4v) is 2.51. The van der Waals surface area contributed by atoms with Gasteiger partial charge in [0.1, 0.15) is 0 Å². The van der Waals surface area contributed by atoms with Gasteiger partial charge in [-0.05, 0) is 47.7 Å². The highest BCUT2D eigenvalue weighted by Gasteiger charge is 2.08. The topological polar surface area (TPSA) is 12.0 Å². The molecular weight excluding hydrogens is 242 g/mol. The molecule has 2 aromatic carbocycles. The van der Waals surface area contributed by atoms with Crippen molar-refractivity contribution in [2.75, 3.05) is 5.32 Å². The van der Waals surface area contributed by atoms with E-state index in [1.54, 1.807) is 0 Å². The first kappa shape index (κ1) is 12.7. The summed E-state index contributed by atoms with van der Waals surface area (Å²) < 4.78 is 0. The predicted molar refractivity (Wildman–Crippen MR) is 87.1 cm³/mol. The van der Waals surface area contributed by atoms with Gasteiger partial charge in [-0.15, -0.1) is 0 Å². The number of hydrogen-bond donors (Lipinski definition) is 1. The molecule has 0 aromatic heterocycles. The molecule has 0 saturated heterocycles. The first-order valence-corrected chi connectivity index (χ1v) is 7.11. The Hall–Kier alpha value is -2.28. The summed E-state index contributed by atoms with van der Waals surface area (Å²) in [5, 5.41) is 3.41. The van der Waals surface area contributed by atoms with E-state index in [0.717, 1.165) is 17.8 Å². The van der Waals surface area contributed by atoms with Gasteiger partial charge in [0.15, 0.2) is 0 Å². The van der Waals surface area contributed by atoms with Gasteiger partial charge in [-0.2, -0.15) is 0 Å². The molecule has 100 valence electrons. The zero-order chi connectivity index (χ0) is 13.8. The highest BCUT2D eigenvalue weighted by Crippen LogP contribution is 2.28. The molecule has 1 N–H and O–H groups in total. The van der Waals surface area contributed by atoms with Gasteiger partial charge in [-0.25, -0.2) is 0 Å². The van der Waals surface area contributed by atoms with Crippen molar-refractivity contribution < 1.29 is 0 Å². The molecule has 0 aliphatic heterocycles. The molecule has 0 heterocycles. The number of nitrogens with one attached hydrogen (secondary N) is 1. The molecule has 1 atom stereocenters. The van der Waals surface area contributed by atoms with Crippen molar-refractivity contribution in [3.63, 3.8) is 0 Å². The smallest absolute Gasteiger partial charge is 0.0384 e. The lowest BCUT2D eigenvalue weighted by Gasteiger charge is -2.15. The molecular formula is C19H19N. The molecule has 20 heavy (non-hydrogen) atoms. The van der Waals surface area contributed by atoms with Crippen molar-refractivity contribution in [1.29, 1.82) is 0 Å². The second-order valence-electron chi connectivity index (χ2n) is 5.33. The summed E-state index contributed by atoms with van der Waals surface area (Å²) in [6.45, 7) is 2.26. The van der Waals surface area contributed by atoms with Gasteiger partial charge < -0.3 is 5.32 Å². The molecule has 2 aromatic rings. The summed E-state index contributed by atoms with van der Waals surface area (Å²) in [5.74, 6) is 0.636. The average Bonchev–Trinajstić information content (AvgIpc) is 2.49. The molecule has 0 radical (unpaired) electrons. The number of hydrogen-bond acceptors (Lipinski definition) is 1. The normalized spacial score (nSPS) is 17.6. The molecule has 1 unspecified atom stereocenters. The van der Waals surface area contributed by atoms with Gasteiger partial charge >= 0.3 is 0 Å². The third-order valence-corrected chi connectivity index (χ3v) is 3.60. The Labute approximate surface area is 120 Å². The van der Waals surface area contributed by atoms with Crippen LogP contribution in [0.1, 0.15) is 18.9 Å². The minimum atomic E-state index is 0.636. The monoisotopic (exact) mass is 261 g/mol. The fourth-order valence-electron chi connectivity index (χ4n) is 2.51. The summed E-state index contributed by atoms with van der Waals surface area (Å²) in [7, 11) is 0. The van der Waals surface area contributed by atoms with E-state index in [1.165, 1.54) is 11.1 Å². The number of anilines is 2. The van der Waals surface area contributed by atoms with Crippen LogP contribution >= 0.6 is 0 Å². The van der Waals surface area contributed by atoms with Crippen molar-refractivity contribution in [1.82, 2.24) is 0 Å². The second kappa shape index (κ2) is 5.79. The molecule has 1 aliphatic rings. The van der Waals surface area contributed by atoms with Crippen LogP contribution in [-0.4, -0.2) is 0 Å². The molecule has 0 saturated carbocycles. The van der Waals surface area contributed by atoms with Crippen molar-refractivity contribution >= 4 is 16.9 Å². The number of benzene rings is 2. The lowest BCUT2D eigenvalue weighted by atomic mass is 9.91. The van der Waals surface area contributed by atoms with E-state index in [0.29, 0.717) is 5.92 Å². The quantitative estimate of drug-likeness (QED) is 0.779. The van der Waals surface area contributed by atoms with Crippen LogP contribution in [0.25, 0.3) is 5.57 Å². The molecule has 1 heteroatoms. The van der Waals surface area contributed by atoms with Gasteiger partial charge in [0.05, 0.1) is 0 Å². The summed E-state index contributed by atoms with van der Waals surface area (Å²) in [6.07, 6.45) is 7.77. The van der Waals surface area contributed by atoms with Gasteiger partial charge in [0.2, 0.25) is 0 Å². The zero-order valence-corrected chi connectivity index (χ0v) is 11.7. The van der Waals surface area contributed by atoms with Crippen LogP contribution in [0, 0.1) is 5.92 Å². The minimum Gasteiger partial charge on any atom is -0.356 e. The highest BCUT2D eigenvalue weighted by atomic mass is 14.9. The molecule has 0 fully saturated rings. The van der Waals surface area contributed by atoms with Crippen molar-refractivity contribution in [2.45, 2.75) is 13.3 Å². The lowest BCUT2D eigenvalue weighted by molar-refractivity contribution is 0.749. The summed E-state index contributed by atoms with van der Waals surface area (Å²) >= 11 is 0. The SMILES string of the molecule is CC1C=CC=C(c2ccc(Nc3ccccc3)cc2)C1. The molecule has 1 aliphatic carbocycles. The Morgan fingerprint density at radius 2 is 1.60 bits per heavy atom. The van der Waals surface area contributed by atoms with Crippen LogP contribution in [0.15, 0.2) is 72.8 Å². The van der Waals surface area contributed by atoms with Crippen LogP contribution in [-0.2, 0) is 0 Å². The van der Waals surface area contributed by atoms with Crippen molar-refractivity contribution in [3.8, 4) is 0 Å². The largest absolute Gasteiger partial charge is 0.356 e. The van der Waals surface area contributed by atoms with Gasteiger partial charge in [-0.1, -0.05) is 55.5 Å². The Bertz CT molecular complexity index is 621. The zero-order valence-electron chi connectivity index (χ0n) is 11.7. The molecule has 0 bridgehead atoms. The summed E-state index contributed by atoms with van der Waals surface area (Å²) in [4.78, 5) is 0. The molecule has 3 rings (SSSR count).